The highest BCUT2D eigenvalue weighted by Gasteiger charge is 2.22. The van der Waals surface area contributed by atoms with E-state index in [2.05, 4.69) is 4.72 Å². The molecule has 0 aliphatic carbocycles. The summed E-state index contributed by atoms with van der Waals surface area (Å²) in [5, 5.41) is 8.67. The molecular weight excluding hydrogens is 264 g/mol. The van der Waals surface area contributed by atoms with E-state index in [1.807, 2.05) is 26.8 Å². The van der Waals surface area contributed by atoms with Crippen LogP contribution >= 0.6 is 0 Å². The van der Waals surface area contributed by atoms with Crippen LogP contribution in [0, 0.1) is 11.3 Å². The van der Waals surface area contributed by atoms with E-state index in [1.165, 1.54) is 24.3 Å². The van der Waals surface area contributed by atoms with Crippen molar-refractivity contribution in [3.05, 3.63) is 29.8 Å². The number of benzene rings is 1. The van der Waals surface area contributed by atoms with Gasteiger partial charge in [-0.05, 0) is 45.0 Å². The molecule has 0 fully saturated rings. The van der Waals surface area contributed by atoms with Gasteiger partial charge in [-0.3, -0.25) is 0 Å². The van der Waals surface area contributed by atoms with Crippen molar-refractivity contribution < 1.29 is 13.2 Å². The number of nitriles is 1. The van der Waals surface area contributed by atoms with Gasteiger partial charge in [0.1, 0.15) is 0 Å². The molecule has 0 atom stereocenters. The van der Waals surface area contributed by atoms with E-state index in [0.717, 1.165) is 0 Å². The second kappa shape index (κ2) is 6.15. The van der Waals surface area contributed by atoms with Crippen LogP contribution in [0.2, 0.25) is 0 Å². The second-order valence-electron chi connectivity index (χ2n) is 4.65. The molecule has 0 aliphatic rings. The van der Waals surface area contributed by atoms with Gasteiger partial charge in [0.2, 0.25) is 10.0 Å². The van der Waals surface area contributed by atoms with E-state index in [4.69, 9.17) is 10.00 Å². The van der Waals surface area contributed by atoms with Crippen LogP contribution in [0.25, 0.3) is 0 Å². The Bertz CT molecular complexity index is 557. The van der Waals surface area contributed by atoms with Crippen LogP contribution in [0.1, 0.15) is 26.3 Å². The van der Waals surface area contributed by atoms with Gasteiger partial charge in [0.15, 0.2) is 0 Å². The summed E-state index contributed by atoms with van der Waals surface area (Å²) >= 11 is 0. The number of nitrogens with zero attached hydrogens (tertiary/aromatic N) is 1. The van der Waals surface area contributed by atoms with Gasteiger partial charge in [0, 0.05) is 13.2 Å². The van der Waals surface area contributed by atoms with Crippen molar-refractivity contribution in [2.24, 2.45) is 0 Å². The van der Waals surface area contributed by atoms with Crippen LogP contribution < -0.4 is 4.72 Å². The first-order valence-electron chi connectivity index (χ1n) is 5.94. The number of sulfonamides is 1. The molecule has 104 valence electrons. The lowest BCUT2D eigenvalue weighted by Crippen LogP contribution is -2.40. The van der Waals surface area contributed by atoms with Gasteiger partial charge in [-0.15, -0.1) is 0 Å². The number of hydrogen-bond acceptors (Lipinski definition) is 4. The Morgan fingerprint density at radius 1 is 1.32 bits per heavy atom. The van der Waals surface area contributed by atoms with Gasteiger partial charge in [-0.2, -0.15) is 5.26 Å². The highest BCUT2D eigenvalue weighted by Crippen LogP contribution is 2.12. The highest BCUT2D eigenvalue weighted by molar-refractivity contribution is 7.89. The summed E-state index contributed by atoms with van der Waals surface area (Å²) in [4.78, 5) is 0.138. The molecule has 0 aliphatic heterocycles. The molecule has 19 heavy (non-hydrogen) atoms. The molecule has 0 unspecified atom stereocenters. The van der Waals surface area contributed by atoms with Crippen LogP contribution in [-0.4, -0.2) is 27.2 Å². The molecular formula is C13H18N2O3S. The summed E-state index contributed by atoms with van der Waals surface area (Å²) in [6.45, 7) is 6.20. The van der Waals surface area contributed by atoms with Gasteiger partial charge in [0.25, 0.3) is 0 Å². The first kappa shape index (κ1) is 15.6. The fourth-order valence-corrected chi connectivity index (χ4v) is 2.70. The monoisotopic (exact) mass is 282 g/mol. The maximum absolute atomic E-state index is 12.0. The average molecular weight is 282 g/mol. The quantitative estimate of drug-likeness (QED) is 0.860. The molecule has 0 amide bonds. The van der Waals surface area contributed by atoms with Crippen LogP contribution in [0.5, 0.6) is 0 Å². The van der Waals surface area contributed by atoms with Crippen LogP contribution in [0.15, 0.2) is 29.2 Å². The summed E-state index contributed by atoms with van der Waals surface area (Å²) in [7, 11) is -3.58. The topological polar surface area (TPSA) is 79.2 Å². The zero-order valence-corrected chi connectivity index (χ0v) is 12.1. The Labute approximate surface area is 114 Å². The molecule has 0 bridgehead atoms. The molecule has 5 nitrogen and oxygen atoms in total. The minimum Gasteiger partial charge on any atom is -0.375 e. The molecule has 1 aromatic rings. The Kier molecular flexibility index (Phi) is 5.06. The normalized spacial score (nSPS) is 12.1. The van der Waals surface area contributed by atoms with Crippen molar-refractivity contribution in [1.82, 2.24) is 4.72 Å². The minimum absolute atomic E-state index is 0.138. The number of hydrogen-bond donors (Lipinski definition) is 1. The zero-order valence-electron chi connectivity index (χ0n) is 11.3. The van der Waals surface area contributed by atoms with Crippen LogP contribution in [0.3, 0.4) is 0 Å². The van der Waals surface area contributed by atoms with Crippen molar-refractivity contribution >= 4 is 10.0 Å². The van der Waals surface area contributed by atoms with E-state index in [0.29, 0.717) is 12.2 Å². The highest BCUT2D eigenvalue weighted by atomic mass is 32.2. The van der Waals surface area contributed by atoms with Crippen molar-refractivity contribution in [1.29, 1.82) is 5.26 Å². The summed E-state index contributed by atoms with van der Waals surface area (Å²) in [6, 6.07) is 7.71. The lowest BCUT2D eigenvalue weighted by Gasteiger charge is -2.24. The van der Waals surface area contributed by atoms with Crippen LogP contribution in [-0.2, 0) is 14.8 Å². The summed E-state index contributed by atoms with van der Waals surface area (Å²) < 4.78 is 32.0. The molecule has 1 aromatic carbocycles. The SMILES string of the molecule is CCOC(C)(C)CNS(=O)(=O)c1ccc(C#N)cc1. The summed E-state index contributed by atoms with van der Waals surface area (Å²) in [6.07, 6.45) is 0. The molecule has 0 spiro atoms. The minimum atomic E-state index is -3.58. The predicted octanol–water partition coefficient (Wildman–Crippen LogP) is 1.65. The Hall–Kier alpha value is -1.42. The van der Waals surface area contributed by atoms with Gasteiger partial charge in [-0.25, -0.2) is 13.1 Å². The molecule has 1 N–H and O–H groups in total. The second-order valence-corrected chi connectivity index (χ2v) is 6.42. The van der Waals surface area contributed by atoms with Crippen molar-refractivity contribution in [2.45, 2.75) is 31.3 Å². The van der Waals surface area contributed by atoms with Gasteiger partial charge < -0.3 is 4.74 Å². The Morgan fingerprint density at radius 2 is 1.89 bits per heavy atom. The van der Waals surface area contributed by atoms with Gasteiger partial charge in [-0.1, -0.05) is 0 Å². The molecule has 0 aromatic heterocycles. The van der Waals surface area contributed by atoms with E-state index in [-0.39, 0.29) is 11.4 Å². The van der Waals surface area contributed by atoms with E-state index in [9.17, 15) is 8.42 Å². The Morgan fingerprint density at radius 3 is 2.37 bits per heavy atom. The molecule has 0 heterocycles. The first-order chi connectivity index (χ1) is 8.80. The number of nitrogens with one attached hydrogen (secondary N) is 1. The van der Waals surface area contributed by atoms with Crippen molar-refractivity contribution in [2.75, 3.05) is 13.2 Å². The summed E-state index contributed by atoms with van der Waals surface area (Å²) in [5.74, 6) is 0. The molecule has 0 saturated heterocycles. The molecule has 0 saturated carbocycles. The number of rotatable bonds is 6. The standard InChI is InChI=1S/C13H18N2O3S/c1-4-18-13(2,3)10-15-19(16,17)12-7-5-11(9-14)6-8-12/h5-8,15H,4,10H2,1-3H3. The van der Waals surface area contributed by atoms with Crippen molar-refractivity contribution in [3.63, 3.8) is 0 Å². The largest absolute Gasteiger partial charge is 0.375 e. The van der Waals surface area contributed by atoms with Crippen molar-refractivity contribution in [3.8, 4) is 6.07 Å². The third-order valence-corrected chi connectivity index (χ3v) is 3.93. The Balaban J connectivity index is 2.79. The van der Waals surface area contributed by atoms with Gasteiger partial charge >= 0.3 is 0 Å². The third-order valence-electron chi connectivity index (χ3n) is 2.52. The molecule has 0 radical (unpaired) electrons. The lowest BCUT2D eigenvalue weighted by atomic mass is 10.1. The third kappa shape index (κ3) is 4.63. The smallest absolute Gasteiger partial charge is 0.240 e. The fraction of sp³-hybridized carbons (Fsp3) is 0.462. The maximum Gasteiger partial charge on any atom is 0.240 e. The predicted molar refractivity (Wildman–Crippen MR) is 72.1 cm³/mol. The van der Waals surface area contributed by atoms with E-state index < -0.39 is 15.6 Å². The number of ether oxygens (including phenoxy) is 1. The maximum atomic E-state index is 12.0. The summed E-state index contributed by atoms with van der Waals surface area (Å²) in [5.41, 5.74) is -0.136. The fourth-order valence-electron chi connectivity index (χ4n) is 1.50. The average Bonchev–Trinajstić information content (AvgIpc) is 2.37. The molecule has 1 rings (SSSR count). The van der Waals surface area contributed by atoms with Gasteiger partial charge in [0.05, 0.1) is 22.1 Å². The van der Waals surface area contributed by atoms with E-state index >= 15 is 0 Å². The lowest BCUT2D eigenvalue weighted by molar-refractivity contribution is -0.00515. The molecule has 6 heteroatoms. The first-order valence-corrected chi connectivity index (χ1v) is 7.43. The van der Waals surface area contributed by atoms with E-state index in [1.54, 1.807) is 0 Å². The van der Waals surface area contributed by atoms with Crippen LogP contribution in [0.4, 0.5) is 0 Å². The zero-order chi connectivity index (χ0) is 14.5.